The maximum Gasteiger partial charge on any atom is 0.236 e. The van der Waals surface area contributed by atoms with Crippen molar-refractivity contribution in [2.24, 2.45) is 0 Å². The minimum absolute atomic E-state index is 0.196. The van der Waals surface area contributed by atoms with E-state index in [9.17, 15) is 4.79 Å². The molecule has 0 spiro atoms. The summed E-state index contributed by atoms with van der Waals surface area (Å²) >= 11 is 0. The summed E-state index contributed by atoms with van der Waals surface area (Å²) in [6, 6.07) is 0. The van der Waals surface area contributed by atoms with Crippen molar-refractivity contribution in [2.45, 2.75) is 26.7 Å². The average molecular weight is 186 g/mol. The monoisotopic (exact) mass is 186 g/mol. The predicted octanol–water partition coefficient (Wildman–Crippen LogP) is 1.20. The fourth-order valence-electron chi connectivity index (χ4n) is 1.24. The maximum atomic E-state index is 11.4. The zero-order valence-electron chi connectivity index (χ0n) is 9.34. The number of carbonyl (C=O) groups is 1. The van der Waals surface area contributed by atoms with Crippen LogP contribution in [0, 0.1) is 0 Å². The molecule has 0 aromatic carbocycles. The van der Waals surface area contributed by atoms with Crippen LogP contribution in [-0.2, 0) is 4.79 Å². The Morgan fingerprint density at radius 2 is 1.54 bits per heavy atom. The summed E-state index contributed by atoms with van der Waals surface area (Å²) in [7, 11) is 3.61. The second kappa shape index (κ2) is 6.89. The van der Waals surface area contributed by atoms with Gasteiger partial charge in [-0.2, -0.15) is 0 Å². The second-order valence-electron chi connectivity index (χ2n) is 3.56. The summed E-state index contributed by atoms with van der Waals surface area (Å²) in [4.78, 5) is 15.2. The van der Waals surface area contributed by atoms with Gasteiger partial charge in [-0.3, -0.25) is 9.69 Å². The molecule has 0 fully saturated rings. The minimum atomic E-state index is 0.196. The fourth-order valence-corrected chi connectivity index (χ4v) is 1.24. The van der Waals surface area contributed by atoms with Gasteiger partial charge >= 0.3 is 0 Å². The Bertz CT molecular complexity index is 140. The molecule has 0 heterocycles. The molecule has 0 N–H and O–H groups in total. The zero-order chi connectivity index (χ0) is 10.3. The molecule has 0 saturated heterocycles. The number of rotatable bonds is 6. The Kier molecular flexibility index (Phi) is 6.59. The highest BCUT2D eigenvalue weighted by Gasteiger charge is 2.09. The number of amides is 1. The number of hydrogen-bond acceptors (Lipinski definition) is 2. The van der Waals surface area contributed by atoms with Crippen molar-refractivity contribution in [3.8, 4) is 0 Å². The van der Waals surface area contributed by atoms with Crippen LogP contribution in [0.25, 0.3) is 0 Å². The van der Waals surface area contributed by atoms with Crippen molar-refractivity contribution in [1.82, 2.24) is 9.80 Å². The van der Waals surface area contributed by atoms with E-state index in [-0.39, 0.29) is 5.91 Å². The van der Waals surface area contributed by atoms with Crippen molar-refractivity contribution in [3.05, 3.63) is 0 Å². The zero-order valence-corrected chi connectivity index (χ0v) is 9.34. The van der Waals surface area contributed by atoms with Crippen molar-refractivity contribution < 1.29 is 4.79 Å². The van der Waals surface area contributed by atoms with Crippen LogP contribution in [0.2, 0.25) is 0 Å². The van der Waals surface area contributed by atoms with Gasteiger partial charge in [-0.05, 0) is 25.9 Å². The summed E-state index contributed by atoms with van der Waals surface area (Å²) < 4.78 is 0. The van der Waals surface area contributed by atoms with Gasteiger partial charge in [0.05, 0.1) is 6.54 Å². The van der Waals surface area contributed by atoms with E-state index in [4.69, 9.17) is 0 Å². The molecule has 1 amide bonds. The molecule has 3 nitrogen and oxygen atoms in total. The van der Waals surface area contributed by atoms with Crippen LogP contribution in [-0.4, -0.2) is 49.4 Å². The molecule has 0 atom stereocenters. The Labute approximate surface area is 81.7 Å². The van der Waals surface area contributed by atoms with E-state index in [1.54, 1.807) is 19.0 Å². The summed E-state index contributed by atoms with van der Waals surface area (Å²) in [5, 5.41) is 0. The number of nitrogens with zero attached hydrogens (tertiary/aromatic N) is 2. The van der Waals surface area contributed by atoms with Crippen molar-refractivity contribution >= 4 is 5.91 Å². The lowest BCUT2D eigenvalue weighted by Crippen LogP contribution is -2.37. The molecular formula is C10H22N2O. The van der Waals surface area contributed by atoms with E-state index < -0.39 is 0 Å². The molecule has 0 bridgehead atoms. The third-order valence-corrected chi connectivity index (χ3v) is 1.94. The highest BCUT2D eigenvalue weighted by molar-refractivity contribution is 5.77. The Balaban J connectivity index is 3.86. The first-order valence-electron chi connectivity index (χ1n) is 5.04. The third kappa shape index (κ3) is 5.64. The van der Waals surface area contributed by atoms with Gasteiger partial charge in [-0.1, -0.05) is 13.8 Å². The number of hydrogen-bond donors (Lipinski definition) is 0. The Morgan fingerprint density at radius 1 is 1.08 bits per heavy atom. The van der Waals surface area contributed by atoms with Crippen molar-refractivity contribution in [3.63, 3.8) is 0 Å². The molecule has 0 aliphatic rings. The summed E-state index contributed by atoms with van der Waals surface area (Å²) in [6.07, 6.45) is 2.22. The van der Waals surface area contributed by atoms with Crippen LogP contribution in [0.5, 0.6) is 0 Å². The molecule has 0 aliphatic heterocycles. The average Bonchev–Trinajstić information content (AvgIpc) is 2.05. The smallest absolute Gasteiger partial charge is 0.236 e. The predicted molar refractivity (Wildman–Crippen MR) is 55.7 cm³/mol. The van der Waals surface area contributed by atoms with Crippen LogP contribution in [0.15, 0.2) is 0 Å². The Morgan fingerprint density at radius 3 is 1.85 bits per heavy atom. The molecule has 78 valence electrons. The summed E-state index contributed by atoms with van der Waals surface area (Å²) in [5.41, 5.74) is 0. The normalized spacial score (nSPS) is 10.5. The highest BCUT2D eigenvalue weighted by Crippen LogP contribution is 1.95. The molecule has 0 aromatic rings. The first-order valence-corrected chi connectivity index (χ1v) is 5.04. The van der Waals surface area contributed by atoms with Crippen LogP contribution in [0.4, 0.5) is 0 Å². The number of likely N-dealkylation sites (N-methyl/N-ethyl adjacent to an activating group) is 1. The molecular weight excluding hydrogens is 164 g/mol. The topological polar surface area (TPSA) is 23.6 Å². The van der Waals surface area contributed by atoms with Crippen LogP contribution in [0.1, 0.15) is 26.7 Å². The van der Waals surface area contributed by atoms with E-state index in [1.165, 1.54) is 0 Å². The lowest BCUT2D eigenvalue weighted by atomic mass is 10.3. The summed E-state index contributed by atoms with van der Waals surface area (Å²) in [6.45, 7) is 6.89. The summed E-state index contributed by atoms with van der Waals surface area (Å²) in [5.74, 6) is 0.196. The molecule has 0 aliphatic carbocycles. The molecule has 0 saturated carbocycles. The van der Waals surface area contributed by atoms with Crippen LogP contribution >= 0.6 is 0 Å². The van der Waals surface area contributed by atoms with Gasteiger partial charge in [0.1, 0.15) is 0 Å². The molecule has 0 radical (unpaired) electrons. The molecule has 3 heteroatoms. The standard InChI is InChI=1S/C10H22N2O/c1-5-7-12(8-6-2)9-10(13)11(3)4/h5-9H2,1-4H3. The lowest BCUT2D eigenvalue weighted by molar-refractivity contribution is -0.129. The largest absolute Gasteiger partial charge is 0.348 e. The Hall–Kier alpha value is -0.570. The number of carbonyl (C=O) groups excluding carboxylic acids is 1. The van der Waals surface area contributed by atoms with Gasteiger partial charge in [0.25, 0.3) is 0 Å². The van der Waals surface area contributed by atoms with Gasteiger partial charge in [-0.25, -0.2) is 0 Å². The second-order valence-corrected chi connectivity index (χ2v) is 3.56. The van der Waals surface area contributed by atoms with E-state index >= 15 is 0 Å². The molecule has 0 rings (SSSR count). The van der Waals surface area contributed by atoms with E-state index in [0.29, 0.717) is 6.54 Å². The first-order chi connectivity index (χ1) is 6.11. The highest BCUT2D eigenvalue weighted by atomic mass is 16.2. The van der Waals surface area contributed by atoms with Gasteiger partial charge < -0.3 is 4.90 Å². The quantitative estimate of drug-likeness (QED) is 0.622. The van der Waals surface area contributed by atoms with E-state index in [0.717, 1.165) is 25.9 Å². The molecule has 0 unspecified atom stereocenters. The van der Waals surface area contributed by atoms with Gasteiger partial charge in [0.2, 0.25) is 5.91 Å². The van der Waals surface area contributed by atoms with Crippen LogP contribution in [0.3, 0.4) is 0 Å². The van der Waals surface area contributed by atoms with Crippen molar-refractivity contribution in [1.29, 1.82) is 0 Å². The van der Waals surface area contributed by atoms with Gasteiger partial charge in [0, 0.05) is 14.1 Å². The lowest BCUT2D eigenvalue weighted by Gasteiger charge is -2.22. The third-order valence-electron chi connectivity index (χ3n) is 1.94. The fraction of sp³-hybridized carbons (Fsp3) is 0.900. The first kappa shape index (κ1) is 12.4. The van der Waals surface area contributed by atoms with E-state index in [2.05, 4.69) is 18.7 Å². The van der Waals surface area contributed by atoms with Crippen molar-refractivity contribution in [2.75, 3.05) is 33.7 Å². The van der Waals surface area contributed by atoms with Gasteiger partial charge in [0.15, 0.2) is 0 Å². The van der Waals surface area contributed by atoms with E-state index in [1.807, 2.05) is 0 Å². The molecule has 0 aromatic heterocycles. The SMILES string of the molecule is CCCN(CCC)CC(=O)N(C)C. The molecule has 13 heavy (non-hydrogen) atoms. The van der Waals surface area contributed by atoms with Crippen LogP contribution < -0.4 is 0 Å². The van der Waals surface area contributed by atoms with Gasteiger partial charge in [-0.15, -0.1) is 0 Å². The maximum absolute atomic E-state index is 11.4. The minimum Gasteiger partial charge on any atom is -0.348 e.